The maximum absolute atomic E-state index is 9.20. The van der Waals surface area contributed by atoms with Gasteiger partial charge in [-0.25, -0.2) is 0 Å². The third-order valence-corrected chi connectivity index (χ3v) is 1.61. The van der Waals surface area contributed by atoms with Gasteiger partial charge in [0.1, 0.15) is 0 Å². The Morgan fingerprint density at radius 2 is 1.18 bits per heavy atom. The van der Waals surface area contributed by atoms with Crippen molar-refractivity contribution in [3.05, 3.63) is 0 Å². The molecule has 0 radical (unpaired) electrons. The minimum Gasteiger partial charge on any atom is -0.412 e. The minimum atomic E-state index is -0.509. The van der Waals surface area contributed by atoms with Gasteiger partial charge in [-0.05, 0) is 12.8 Å². The molecule has 0 saturated heterocycles. The molecule has 70 valence electrons. The van der Waals surface area contributed by atoms with E-state index in [0.29, 0.717) is 12.8 Å². The van der Waals surface area contributed by atoms with Crippen LogP contribution >= 0.6 is 0 Å². The molecule has 0 aliphatic carbocycles. The van der Waals surface area contributed by atoms with E-state index < -0.39 is 12.2 Å². The number of rotatable bonds is 5. The normalized spacial score (nSPS) is 15.3. The first-order valence-electron chi connectivity index (χ1n) is 4.08. The van der Waals surface area contributed by atoms with Crippen molar-refractivity contribution in [1.82, 2.24) is 0 Å². The summed E-state index contributed by atoms with van der Waals surface area (Å²) in [5, 5.41) is 18.4. The van der Waals surface area contributed by atoms with Gasteiger partial charge in [0.15, 0.2) is 0 Å². The van der Waals surface area contributed by atoms with Crippen LogP contribution in [0.1, 0.15) is 39.5 Å². The van der Waals surface area contributed by atoms with Gasteiger partial charge in [-0.1, -0.05) is 26.7 Å². The van der Waals surface area contributed by atoms with Crippen LogP contribution in [0, 0.1) is 0 Å². The standard InChI is InChI=1S/C8H18O2.H2O/c1-3-5-7(9)8(10)6-4-2;/h7-10H,3-6H2,1-2H3;1H2. The molecule has 11 heavy (non-hydrogen) atoms. The molecule has 0 spiro atoms. The van der Waals surface area contributed by atoms with Gasteiger partial charge in [-0.2, -0.15) is 0 Å². The lowest BCUT2D eigenvalue weighted by atomic mass is 10.1. The molecule has 0 aromatic heterocycles. The predicted molar refractivity (Wildman–Crippen MR) is 45.4 cm³/mol. The molecular weight excluding hydrogens is 144 g/mol. The van der Waals surface area contributed by atoms with Crippen LogP contribution in [0.2, 0.25) is 0 Å². The number of aliphatic hydroxyl groups is 2. The van der Waals surface area contributed by atoms with Gasteiger partial charge >= 0.3 is 0 Å². The third-order valence-electron chi connectivity index (χ3n) is 1.61. The van der Waals surface area contributed by atoms with Crippen molar-refractivity contribution in [2.75, 3.05) is 0 Å². The third kappa shape index (κ3) is 6.28. The predicted octanol–water partition coefficient (Wildman–Crippen LogP) is 0.484. The van der Waals surface area contributed by atoms with Crippen molar-refractivity contribution in [2.45, 2.75) is 51.7 Å². The summed E-state index contributed by atoms with van der Waals surface area (Å²) < 4.78 is 0. The Labute approximate surface area is 68.4 Å². The van der Waals surface area contributed by atoms with Gasteiger partial charge in [0.2, 0.25) is 0 Å². The first-order valence-corrected chi connectivity index (χ1v) is 4.08. The number of aliphatic hydroxyl groups excluding tert-OH is 2. The van der Waals surface area contributed by atoms with Crippen molar-refractivity contribution in [3.8, 4) is 0 Å². The Morgan fingerprint density at radius 3 is 1.36 bits per heavy atom. The molecule has 0 aromatic rings. The fraction of sp³-hybridized carbons (Fsp3) is 1.00. The molecule has 0 amide bonds. The fourth-order valence-corrected chi connectivity index (χ4v) is 0.976. The van der Waals surface area contributed by atoms with Crippen molar-refractivity contribution < 1.29 is 15.7 Å². The smallest absolute Gasteiger partial charge is 0.0799 e. The van der Waals surface area contributed by atoms with Crippen LogP contribution in [0.5, 0.6) is 0 Å². The van der Waals surface area contributed by atoms with Crippen molar-refractivity contribution in [3.63, 3.8) is 0 Å². The van der Waals surface area contributed by atoms with E-state index in [9.17, 15) is 10.2 Å². The van der Waals surface area contributed by atoms with E-state index in [-0.39, 0.29) is 5.48 Å². The molecule has 2 unspecified atom stereocenters. The van der Waals surface area contributed by atoms with Crippen LogP contribution in [0.3, 0.4) is 0 Å². The summed E-state index contributed by atoms with van der Waals surface area (Å²) in [7, 11) is 0. The molecule has 3 heteroatoms. The lowest BCUT2D eigenvalue weighted by Crippen LogP contribution is -2.25. The maximum Gasteiger partial charge on any atom is 0.0799 e. The van der Waals surface area contributed by atoms with Crippen molar-refractivity contribution >= 4 is 0 Å². The van der Waals surface area contributed by atoms with Gasteiger partial charge < -0.3 is 15.7 Å². The van der Waals surface area contributed by atoms with Crippen LogP contribution in [-0.2, 0) is 0 Å². The van der Waals surface area contributed by atoms with Crippen molar-refractivity contribution in [2.24, 2.45) is 0 Å². The van der Waals surface area contributed by atoms with E-state index in [1.807, 2.05) is 13.8 Å². The highest BCUT2D eigenvalue weighted by atomic mass is 16.3. The quantitative estimate of drug-likeness (QED) is 0.620. The monoisotopic (exact) mass is 164 g/mol. The largest absolute Gasteiger partial charge is 0.412 e. The second-order valence-electron chi connectivity index (χ2n) is 2.71. The van der Waals surface area contributed by atoms with Crippen LogP contribution in [-0.4, -0.2) is 27.9 Å². The zero-order chi connectivity index (χ0) is 7.98. The van der Waals surface area contributed by atoms with Crippen LogP contribution < -0.4 is 0 Å². The van der Waals surface area contributed by atoms with Gasteiger partial charge in [0.25, 0.3) is 0 Å². The average molecular weight is 164 g/mol. The summed E-state index contributed by atoms with van der Waals surface area (Å²) in [6, 6.07) is 0. The zero-order valence-corrected chi connectivity index (χ0v) is 7.38. The molecule has 0 rings (SSSR count). The highest BCUT2D eigenvalue weighted by Crippen LogP contribution is 2.06. The first-order chi connectivity index (χ1) is 4.72. The summed E-state index contributed by atoms with van der Waals surface area (Å²) in [5.74, 6) is 0. The molecule has 3 nitrogen and oxygen atoms in total. The molecule has 0 aromatic carbocycles. The van der Waals surface area contributed by atoms with Crippen molar-refractivity contribution in [1.29, 1.82) is 0 Å². The van der Waals surface area contributed by atoms with E-state index in [1.165, 1.54) is 0 Å². The number of hydrogen-bond donors (Lipinski definition) is 2. The molecule has 0 heterocycles. The van der Waals surface area contributed by atoms with E-state index in [4.69, 9.17) is 0 Å². The second kappa shape index (κ2) is 7.98. The lowest BCUT2D eigenvalue weighted by molar-refractivity contribution is 0.00923. The highest BCUT2D eigenvalue weighted by molar-refractivity contribution is 4.65. The van der Waals surface area contributed by atoms with Crippen LogP contribution in [0.25, 0.3) is 0 Å². The summed E-state index contributed by atoms with van der Waals surface area (Å²) in [6.07, 6.45) is 2.27. The molecule has 0 fully saturated rings. The van der Waals surface area contributed by atoms with E-state index in [0.717, 1.165) is 12.8 Å². The molecule has 0 aliphatic heterocycles. The lowest BCUT2D eigenvalue weighted by Gasteiger charge is -2.15. The molecule has 0 bridgehead atoms. The SMILES string of the molecule is CCCC(O)C(O)CCC.O. The topological polar surface area (TPSA) is 72.0 Å². The maximum atomic E-state index is 9.20. The van der Waals surface area contributed by atoms with E-state index >= 15 is 0 Å². The summed E-state index contributed by atoms with van der Waals surface area (Å²) in [5.41, 5.74) is 0. The summed E-state index contributed by atoms with van der Waals surface area (Å²) >= 11 is 0. The molecule has 0 aliphatic rings. The second-order valence-corrected chi connectivity index (χ2v) is 2.71. The first kappa shape index (κ1) is 13.5. The molecule has 4 N–H and O–H groups in total. The van der Waals surface area contributed by atoms with Crippen LogP contribution in [0.15, 0.2) is 0 Å². The van der Waals surface area contributed by atoms with E-state index in [1.54, 1.807) is 0 Å². The summed E-state index contributed by atoms with van der Waals surface area (Å²) in [4.78, 5) is 0. The molecular formula is C8H20O3. The fourth-order valence-electron chi connectivity index (χ4n) is 0.976. The van der Waals surface area contributed by atoms with Gasteiger partial charge in [0, 0.05) is 0 Å². The Balaban J connectivity index is 0. The zero-order valence-electron chi connectivity index (χ0n) is 7.38. The molecule has 2 atom stereocenters. The van der Waals surface area contributed by atoms with Gasteiger partial charge in [-0.15, -0.1) is 0 Å². The highest BCUT2D eigenvalue weighted by Gasteiger charge is 2.12. The molecule has 0 saturated carbocycles. The number of hydrogen-bond acceptors (Lipinski definition) is 2. The Kier molecular flexibility index (Phi) is 9.77. The Hall–Kier alpha value is -0.120. The van der Waals surface area contributed by atoms with Gasteiger partial charge in [0.05, 0.1) is 12.2 Å². The van der Waals surface area contributed by atoms with Gasteiger partial charge in [-0.3, -0.25) is 0 Å². The minimum absolute atomic E-state index is 0. The summed E-state index contributed by atoms with van der Waals surface area (Å²) in [6.45, 7) is 4.00. The Morgan fingerprint density at radius 1 is 0.909 bits per heavy atom. The van der Waals surface area contributed by atoms with Crippen LogP contribution in [0.4, 0.5) is 0 Å². The Bertz CT molecular complexity index is 65.7. The van der Waals surface area contributed by atoms with E-state index in [2.05, 4.69) is 0 Å². The average Bonchev–Trinajstić information content (AvgIpc) is 1.89.